The van der Waals surface area contributed by atoms with E-state index in [4.69, 9.17) is 39.5 Å². The first-order valence-corrected chi connectivity index (χ1v) is 10.1. The molecule has 0 saturated heterocycles. The third-order valence-electron chi connectivity index (χ3n) is 4.90. The highest BCUT2D eigenvalue weighted by Crippen LogP contribution is 2.45. The summed E-state index contributed by atoms with van der Waals surface area (Å²) in [5, 5.41) is 7.19. The molecule has 0 N–H and O–H groups in total. The highest BCUT2D eigenvalue weighted by molar-refractivity contribution is 6.66. The van der Waals surface area contributed by atoms with Crippen LogP contribution in [0.5, 0.6) is 0 Å². The number of carbonyl (C=O) groups is 1. The molecular weight excluding hydrogens is 419 g/mol. The molecule has 0 aliphatic carbocycles. The first-order valence-electron chi connectivity index (χ1n) is 8.97. The van der Waals surface area contributed by atoms with Crippen LogP contribution in [0.1, 0.15) is 29.7 Å². The van der Waals surface area contributed by atoms with Crippen molar-refractivity contribution in [1.29, 1.82) is 0 Å². The molecule has 0 fully saturated rings. The first kappa shape index (κ1) is 21.1. The van der Waals surface area contributed by atoms with Crippen LogP contribution in [0.2, 0.25) is 10.0 Å². The number of hydrogen-bond donors (Lipinski definition) is 0. The van der Waals surface area contributed by atoms with Crippen molar-refractivity contribution >= 4 is 46.3 Å². The summed E-state index contributed by atoms with van der Waals surface area (Å²) in [6.07, 6.45) is 1.60. The molecule has 28 heavy (non-hydrogen) atoms. The Labute approximate surface area is 180 Å². The van der Waals surface area contributed by atoms with Gasteiger partial charge < -0.3 is 4.74 Å². The number of aryl methyl sites for hydroxylation is 1. The summed E-state index contributed by atoms with van der Waals surface area (Å²) in [4.78, 5) is 12.5. The van der Waals surface area contributed by atoms with E-state index in [2.05, 4.69) is 5.10 Å². The second-order valence-electron chi connectivity index (χ2n) is 6.83. The molecule has 0 radical (unpaired) electrons. The van der Waals surface area contributed by atoms with Gasteiger partial charge in [-0.15, -0.1) is 0 Å². The van der Waals surface area contributed by atoms with Crippen molar-refractivity contribution in [1.82, 2.24) is 5.01 Å². The van der Waals surface area contributed by atoms with Crippen LogP contribution >= 0.6 is 34.8 Å². The third kappa shape index (κ3) is 4.20. The standard InChI is InChI=1S/C21H21Cl3N2O2/c1-3-28-13-21(20(24)27)12-25-26(11-15-5-4-14(2)18(23)10-15)19(21)16-6-8-17(22)9-7-16/h4-10,12,19H,3,11,13H2,1-2H3. The molecule has 1 aliphatic rings. The Hall–Kier alpha value is -1.59. The Morgan fingerprint density at radius 1 is 1.21 bits per heavy atom. The number of carbonyl (C=O) groups excluding carboxylic acids is 1. The first-order chi connectivity index (χ1) is 13.4. The van der Waals surface area contributed by atoms with Crippen LogP contribution in [0.4, 0.5) is 0 Å². The van der Waals surface area contributed by atoms with Crippen LogP contribution in [-0.2, 0) is 16.1 Å². The number of halogens is 3. The fraction of sp³-hybridized carbons (Fsp3) is 0.333. The molecule has 148 valence electrons. The Kier molecular flexibility index (Phi) is 6.66. The number of hydrogen-bond acceptors (Lipinski definition) is 4. The Balaban J connectivity index is 2.00. The average molecular weight is 440 g/mol. The van der Waals surface area contributed by atoms with E-state index in [1.54, 1.807) is 18.3 Å². The van der Waals surface area contributed by atoms with E-state index in [0.29, 0.717) is 23.2 Å². The second-order valence-corrected chi connectivity index (χ2v) is 8.02. The van der Waals surface area contributed by atoms with Crippen LogP contribution in [0.15, 0.2) is 47.6 Å². The van der Waals surface area contributed by atoms with Gasteiger partial charge in [0.05, 0.1) is 19.2 Å². The zero-order valence-electron chi connectivity index (χ0n) is 15.7. The number of hydrazone groups is 1. The lowest BCUT2D eigenvalue weighted by atomic mass is 9.80. The zero-order chi connectivity index (χ0) is 20.3. The van der Waals surface area contributed by atoms with Crippen molar-refractivity contribution in [3.05, 3.63) is 69.2 Å². The minimum Gasteiger partial charge on any atom is -0.380 e. The summed E-state index contributed by atoms with van der Waals surface area (Å²) in [5.74, 6) is 0. The maximum Gasteiger partial charge on any atom is 0.238 e. The third-order valence-corrected chi connectivity index (χ3v) is 5.91. The van der Waals surface area contributed by atoms with Crippen molar-refractivity contribution in [3.8, 4) is 0 Å². The van der Waals surface area contributed by atoms with Crippen molar-refractivity contribution in [2.75, 3.05) is 13.2 Å². The number of nitrogens with zero attached hydrogens (tertiary/aromatic N) is 2. The molecule has 1 aliphatic heterocycles. The van der Waals surface area contributed by atoms with Crippen LogP contribution < -0.4 is 0 Å². The topological polar surface area (TPSA) is 41.9 Å². The van der Waals surface area contributed by atoms with E-state index in [1.165, 1.54) is 0 Å². The monoisotopic (exact) mass is 438 g/mol. The smallest absolute Gasteiger partial charge is 0.238 e. The molecule has 2 aromatic rings. The summed E-state index contributed by atoms with van der Waals surface area (Å²) in [7, 11) is 0. The van der Waals surface area contributed by atoms with Gasteiger partial charge in [0.2, 0.25) is 5.24 Å². The molecule has 7 heteroatoms. The Bertz CT molecular complexity index is 886. The number of ether oxygens (including phenoxy) is 1. The lowest BCUT2D eigenvalue weighted by Gasteiger charge is -2.34. The Morgan fingerprint density at radius 2 is 1.93 bits per heavy atom. The van der Waals surface area contributed by atoms with Gasteiger partial charge in [0, 0.05) is 22.9 Å². The molecule has 2 aromatic carbocycles. The highest BCUT2D eigenvalue weighted by Gasteiger charge is 2.51. The molecule has 4 nitrogen and oxygen atoms in total. The molecule has 0 spiro atoms. The quantitative estimate of drug-likeness (QED) is 0.525. The SMILES string of the molecule is CCOCC1(C(=O)Cl)C=NN(Cc2ccc(C)c(Cl)c2)C1c1ccc(Cl)cc1. The van der Waals surface area contributed by atoms with Gasteiger partial charge in [-0.3, -0.25) is 9.80 Å². The minimum absolute atomic E-state index is 0.147. The normalized spacial score (nSPS) is 21.3. The van der Waals surface area contributed by atoms with E-state index in [9.17, 15) is 4.79 Å². The number of benzene rings is 2. The summed E-state index contributed by atoms with van der Waals surface area (Å²) < 4.78 is 5.62. The fourth-order valence-electron chi connectivity index (χ4n) is 3.35. The van der Waals surface area contributed by atoms with Gasteiger partial charge in [0.25, 0.3) is 0 Å². The average Bonchev–Trinajstić information content (AvgIpc) is 3.03. The van der Waals surface area contributed by atoms with E-state index in [-0.39, 0.29) is 6.61 Å². The lowest BCUT2D eigenvalue weighted by molar-refractivity contribution is -0.122. The zero-order valence-corrected chi connectivity index (χ0v) is 17.9. The Morgan fingerprint density at radius 3 is 2.54 bits per heavy atom. The van der Waals surface area contributed by atoms with Gasteiger partial charge in [-0.05, 0) is 60.3 Å². The van der Waals surface area contributed by atoms with Crippen molar-refractivity contribution in [3.63, 3.8) is 0 Å². The fourth-order valence-corrected chi connectivity index (χ4v) is 3.89. The molecular formula is C21H21Cl3N2O2. The maximum absolute atomic E-state index is 12.5. The van der Waals surface area contributed by atoms with Crippen LogP contribution in [0.25, 0.3) is 0 Å². The number of rotatable bonds is 7. The predicted molar refractivity (Wildman–Crippen MR) is 114 cm³/mol. The van der Waals surface area contributed by atoms with Crippen molar-refractivity contribution in [2.45, 2.75) is 26.4 Å². The molecule has 0 aromatic heterocycles. The van der Waals surface area contributed by atoms with E-state index in [1.807, 2.05) is 49.2 Å². The van der Waals surface area contributed by atoms with Gasteiger partial charge in [0.15, 0.2) is 0 Å². The molecule has 2 atom stereocenters. The van der Waals surface area contributed by atoms with Crippen molar-refractivity contribution in [2.24, 2.45) is 10.5 Å². The predicted octanol–water partition coefficient (Wildman–Crippen LogP) is 5.63. The summed E-state index contributed by atoms with van der Waals surface area (Å²) >= 11 is 18.4. The summed E-state index contributed by atoms with van der Waals surface area (Å²) in [6.45, 7) is 4.92. The summed E-state index contributed by atoms with van der Waals surface area (Å²) in [6, 6.07) is 12.8. The van der Waals surface area contributed by atoms with Gasteiger partial charge in [-0.2, -0.15) is 5.10 Å². The lowest BCUT2D eigenvalue weighted by Crippen LogP contribution is -2.42. The molecule has 0 saturated carbocycles. The summed E-state index contributed by atoms with van der Waals surface area (Å²) in [5.41, 5.74) is 1.79. The van der Waals surface area contributed by atoms with Gasteiger partial charge >= 0.3 is 0 Å². The largest absolute Gasteiger partial charge is 0.380 e. The second kappa shape index (κ2) is 8.83. The van der Waals surface area contributed by atoms with Crippen LogP contribution in [0, 0.1) is 12.3 Å². The molecule has 1 heterocycles. The molecule has 0 amide bonds. The molecule has 0 bridgehead atoms. The van der Waals surface area contributed by atoms with E-state index in [0.717, 1.165) is 16.7 Å². The van der Waals surface area contributed by atoms with Gasteiger partial charge in [-0.1, -0.05) is 47.5 Å². The highest BCUT2D eigenvalue weighted by atomic mass is 35.5. The van der Waals surface area contributed by atoms with Gasteiger partial charge in [-0.25, -0.2) is 0 Å². The van der Waals surface area contributed by atoms with E-state index >= 15 is 0 Å². The molecule has 3 rings (SSSR count). The van der Waals surface area contributed by atoms with Gasteiger partial charge in [0.1, 0.15) is 5.41 Å². The minimum atomic E-state index is -1.08. The van der Waals surface area contributed by atoms with Crippen LogP contribution in [0.3, 0.4) is 0 Å². The van der Waals surface area contributed by atoms with E-state index < -0.39 is 16.7 Å². The van der Waals surface area contributed by atoms with Crippen LogP contribution in [-0.4, -0.2) is 29.7 Å². The van der Waals surface area contributed by atoms with Crippen molar-refractivity contribution < 1.29 is 9.53 Å². The molecule has 2 unspecified atom stereocenters. The maximum atomic E-state index is 12.5.